The van der Waals surface area contributed by atoms with Gasteiger partial charge in [-0.2, -0.15) is 5.26 Å². The lowest BCUT2D eigenvalue weighted by Crippen LogP contribution is -2.39. The molecule has 0 unspecified atom stereocenters. The van der Waals surface area contributed by atoms with E-state index in [4.69, 9.17) is 5.26 Å². The van der Waals surface area contributed by atoms with E-state index in [9.17, 15) is 9.59 Å². The minimum Gasteiger partial charge on any atom is -0.350 e. The van der Waals surface area contributed by atoms with Gasteiger partial charge < -0.3 is 10.2 Å². The van der Waals surface area contributed by atoms with Gasteiger partial charge in [0.15, 0.2) is 0 Å². The Morgan fingerprint density at radius 2 is 1.92 bits per heavy atom. The van der Waals surface area contributed by atoms with Crippen molar-refractivity contribution in [2.45, 2.75) is 20.4 Å². The number of amides is 2. The van der Waals surface area contributed by atoms with Crippen LogP contribution in [0.5, 0.6) is 0 Å². The van der Waals surface area contributed by atoms with Crippen molar-refractivity contribution in [3.8, 4) is 6.07 Å². The number of carbonyl (C=O) groups excluding carboxylic acids is 2. The first-order valence-electron chi connectivity index (χ1n) is 7.60. The fraction of sp³-hybridized carbons (Fsp3) is 0.211. The maximum atomic E-state index is 12.2. The van der Waals surface area contributed by atoms with Crippen LogP contribution in [0.25, 0.3) is 0 Å². The first-order chi connectivity index (χ1) is 11.5. The second kappa shape index (κ2) is 7.93. The van der Waals surface area contributed by atoms with E-state index in [-0.39, 0.29) is 18.4 Å². The van der Waals surface area contributed by atoms with Crippen LogP contribution in [-0.4, -0.2) is 18.4 Å². The molecule has 2 rings (SSSR count). The summed E-state index contributed by atoms with van der Waals surface area (Å²) in [6.45, 7) is 3.71. The van der Waals surface area contributed by atoms with E-state index < -0.39 is 0 Å². The van der Waals surface area contributed by atoms with Crippen LogP contribution in [0.4, 0.5) is 5.69 Å². The van der Waals surface area contributed by atoms with E-state index >= 15 is 0 Å². The normalized spacial score (nSPS) is 9.88. The van der Waals surface area contributed by atoms with Crippen LogP contribution in [0.3, 0.4) is 0 Å². The van der Waals surface area contributed by atoms with Gasteiger partial charge in [0, 0.05) is 19.2 Å². The molecule has 0 heterocycles. The lowest BCUT2D eigenvalue weighted by molar-refractivity contribution is -0.123. The zero-order valence-corrected chi connectivity index (χ0v) is 13.7. The molecule has 0 saturated heterocycles. The largest absolute Gasteiger partial charge is 0.350 e. The van der Waals surface area contributed by atoms with Crippen molar-refractivity contribution < 1.29 is 9.59 Å². The van der Waals surface area contributed by atoms with Gasteiger partial charge in [-0.3, -0.25) is 9.59 Å². The fourth-order valence-corrected chi connectivity index (χ4v) is 2.35. The second-order valence-electron chi connectivity index (χ2n) is 5.53. The number of carbonyl (C=O) groups is 2. The molecule has 0 aromatic heterocycles. The summed E-state index contributed by atoms with van der Waals surface area (Å²) in [4.78, 5) is 25.4. The summed E-state index contributed by atoms with van der Waals surface area (Å²) in [5, 5.41) is 11.8. The summed E-state index contributed by atoms with van der Waals surface area (Å²) in [5.41, 5.74) is 3.11. The van der Waals surface area contributed by atoms with Crippen molar-refractivity contribution >= 4 is 17.5 Å². The first-order valence-corrected chi connectivity index (χ1v) is 7.60. The first kappa shape index (κ1) is 17.2. The number of rotatable bonds is 5. The molecule has 2 amide bonds. The number of aryl methyl sites for hydroxylation is 1. The molecular formula is C19H19N3O2. The average Bonchev–Trinajstić information content (AvgIpc) is 2.57. The minimum atomic E-state index is -0.255. The van der Waals surface area contributed by atoms with Gasteiger partial charge in [-0.1, -0.05) is 35.9 Å². The van der Waals surface area contributed by atoms with Crippen LogP contribution in [0.2, 0.25) is 0 Å². The molecule has 2 aromatic rings. The third-order valence-corrected chi connectivity index (χ3v) is 3.54. The van der Waals surface area contributed by atoms with E-state index in [1.54, 1.807) is 24.3 Å². The van der Waals surface area contributed by atoms with Crippen LogP contribution in [0.15, 0.2) is 48.5 Å². The molecule has 0 aliphatic heterocycles. The Bertz CT molecular complexity index is 793. The summed E-state index contributed by atoms with van der Waals surface area (Å²) in [5.74, 6) is -0.509. The van der Waals surface area contributed by atoms with Crippen LogP contribution >= 0.6 is 0 Å². The maximum Gasteiger partial charge on any atom is 0.240 e. The standard InChI is InChI=1S/C19H19N3O2/c1-14-5-3-7-17(9-14)12-21-19(24)13-22(15(2)23)18-8-4-6-16(10-18)11-20/h3-10H,12-13H2,1-2H3,(H,21,24). The van der Waals surface area contributed by atoms with Crippen LogP contribution in [0, 0.1) is 18.3 Å². The van der Waals surface area contributed by atoms with Gasteiger partial charge >= 0.3 is 0 Å². The highest BCUT2D eigenvalue weighted by atomic mass is 16.2. The van der Waals surface area contributed by atoms with E-state index in [1.165, 1.54) is 11.8 Å². The van der Waals surface area contributed by atoms with Crippen molar-refractivity contribution in [2.24, 2.45) is 0 Å². The molecule has 0 aliphatic carbocycles. The molecule has 1 N–H and O–H groups in total. The summed E-state index contributed by atoms with van der Waals surface area (Å²) < 4.78 is 0. The van der Waals surface area contributed by atoms with E-state index in [1.807, 2.05) is 37.3 Å². The van der Waals surface area contributed by atoms with Gasteiger partial charge in [0.2, 0.25) is 11.8 Å². The molecule has 0 aliphatic rings. The number of nitriles is 1. The van der Waals surface area contributed by atoms with Crippen molar-refractivity contribution in [3.63, 3.8) is 0 Å². The summed E-state index contributed by atoms with van der Waals surface area (Å²) in [6.07, 6.45) is 0. The number of benzene rings is 2. The third-order valence-electron chi connectivity index (χ3n) is 3.54. The topological polar surface area (TPSA) is 73.2 Å². The summed E-state index contributed by atoms with van der Waals surface area (Å²) >= 11 is 0. The number of anilines is 1. The molecule has 5 nitrogen and oxygen atoms in total. The third kappa shape index (κ3) is 4.68. The number of hydrogen-bond donors (Lipinski definition) is 1. The zero-order chi connectivity index (χ0) is 17.5. The quantitative estimate of drug-likeness (QED) is 0.919. The SMILES string of the molecule is CC(=O)N(CC(=O)NCc1cccc(C)c1)c1cccc(C#N)c1. The fourth-order valence-electron chi connectivity index (χ4n) is 2.35. The van der Waals surface area contributed by atoms with Gasteiger partial charge in [0.1, 0.15) is 6.54 Å². The molecule has 24 heavy (non-hydrogen) atoms. The van der Waals surface area contributed by atoms with Gasteiger partial charge in [0.25, 0.3) is 0 Å². The van der Waals surface area contributed by atoms with Crippen molar-refractivity contribution in [1.82, 2.24) is 5.32 Å². The predicted octanol–water partition coefficient (Wildman–Crippen LogP) is 2.54. The van der Waals surface area contributed by atoms with Crippen LogP contribution in [-0.2, 0) is 16.1 Å². The molecule has 5 heteroatoms. The number of nitrogens with one attached hydrogen (secondary N) is 1. The van der Waals surface area contributed by atoms with E-state index in [2.05, 4.69) is 5.32 Å². The Hall–Kier alpha value is -3.13. The van der Waals surface area contributed by atoms with E-state index in [0.717, 1.165) is 11.1 Å². The van der Waals surface area contributed by atoms with E-state index in [0.29, 0.717) is 17.8 Å². The van der Waals surface area contributed by atoms with Crippen molar-refractivity contribution in [2.75, 3.05) is 11.4 Å². The Kier molecular flexibility index (Phi) is 5.69. The molecular weight excluding hydrogens is 302 g/mol. The smallest absolute Gasteiger partial charge is 0.240 e. The highest BCUT2D eigenvalue weighted by Gasteiger charge is 2.16. The van der Waals surface area contributed by atoms with Crippen molar-refractivity contribution in [3.05, 3.63) is 65.2 Å². The van der Waals surface area contributed by atoms with Gasteiger partial charge in [-0.05, 0) is 30.7 Å². The molecule has 2 aromatic carbocycles. The molecule has 0 saturated carbocycles. The Morgan fingerprint density at radius 3 is 2.58 bits per heavy atom. The number of nitrogens with zero attached hydrogens (tertiary/aromatic N) is 2. The van der Waals surface area contributed by atoms with Gasteiger partial charge in [-0.25, -0.2) is 0 Å². The molecule has 0 spiro atoms. The van der Waals surface area contributed by atoms with Gasteiger partial charge in [0.05, 0.1) is 11.6 Å². The second-order valence-corrected chi connectivity index (χ2v) is 5.53. The average molecular weight is 321 g/mol. The molecule has 0 radical (unpaired) electrons. The summed E-state index contributed by atoms with van der Waals surface area (Å²) in [6, 6.07) is 16.5. The highest BCUT2D eigenvalue weighted by Crippen LogP contribution is 2.16. The summed E-state index contributed by atoms with van der Waals surface area (Å²) in [7, 11) is 0. The monoisotopic (exact) mass is 321 g/mol. The minimum absolute atomic E-state index is 0.0873. The molecule has 0 atom stereocenters. The lowest BCUT2D eigenvalue weighted by Gasteiger charge is -2.21. The zero-order valence-electron chi connectivity index (χ0n) is 13.7. The van der Waals surface area contributed by atoms with Crippen molar-refractivity contribution in [1.29, 1.82) is 5.26 Å². The molecule has 122 valence electrons. The Labute approximate surface area is 141 Å². The van der Waals surface area contributed by atoms with Gasteiger partial charge in [-0.15, -0.1) is 0 Å². The molecule has 0 fully saturated rings. The highest BCUT2D eigenvalue weighted by molar-refractivity contribution is 5.97. The Morgan fingerprint density at radius 1 is 1.17 bits per heavy atom. The van der Waals surface area contributed by atoms with Crippen LogP contribution < -0.4 is 10.2 Å². The maximum absolute atomic E-state index is 12.2. The predicted molar refractivity (Wildman–Crippen MR) is 92.2 cm³/mol. The lowest BCUT2D eigenvalue weighted by atomic mass is 10.1. The number of hydrogen-bond acceptors (Lipinski definition) is 3. The molecule has 0 bridgehead atoms. The van der Waals surface area contributed by atoms with Crippen LogP contribution in [0.1, 0.15) is 23.6 Å². The Balaban J connectivity index is 2.03.